The number of methoxy groups -OCH3 is 1. The lowest BCUT2D eigenvalue weighted by Crippen LogP contribution is -2.46. The number of nitrogens with one attached hydrogen (secondary N) is 1. The maximum Gasteiger partial charge on any atom is 0.494 e. The highest BCUT2D eigenvalue weighted by Crippen LogP contribution is 2.38. The van der Waals surface area contributed by atoms with Crippen LogP contribution in [0.2, 0.25) is 25.7 Å². The average molecular weight is 506 g/mol. The smallest absolute Gasteiger partial charge is 0.493 e. The molecule has 1 fully saturated rings. The standard InChI is InChI=1S/C27H48BNO5Si/c1-24(2,3)18-25(4,5)29-23(30)20-16-19(28-33-26(6,7)27(8,9)34-28)17-21(31-10)22(20)32-14-15-35(11,12)13/h16-17H,14-15,18H2,1-13H3,(H,29,30). The van der Waals surface area contributed by atoms with E-state index in [1.54, 1.807) is 7.11 Å². The third-order valence-corrected chi connectivity index (χ3v) is 8.29. The van der Waals surface area contributed by atoms with Gasteiger partial charge in [0.2, 0.25) is 0 Å². The van der Waals surface area contributed by atoms with Crippen LogP contribution in [0.1, 0.15) is 79.1 Å². The number of amides is 1. The van der Waals surface area contributed by atoms with E-state index < -0.39 is 31.9 Å². The molecule has 1 heterocycles. The molecule has 1 N–H and O–H groups in total. The lowest BCUT2D eigenvalue weighted by atomic mass is 9.77. The molecule has 6 nitrogen and oxygen atoms in total. The summed E-state index contributed by atoms with van der Waals surface area (Å²) in [5, 5.41) is 3.23. The fourth-order valence-electron chi connectivity index (χ4n) is 4.41. The van der Waals surface area contributed by atoms with Gasteiger partial charge < -0.3 is 24.1 Å². The molecule has 1 aliphatic rings. The van der Waals surface area contributed by atoms with E-state index in [0.717, 1.165) is 17.9 Å². The highest BCUT2D eigenvalue weighted by Gasteiger charge is 2.52. The molecule has 0 unspecified atom stereocenters. The van der Waals surface area contributed by atoms with Crippen molar-refractivity contribution in [2.24, 2.45) is 5.41 Å². The van der Waals surface area contributed by atoms with Crippen molar-refractivity contribution in [2.45, 2.75) is 111 Å². The van der Waals surface area contributed by atoms with E-state index in [2.05, 4.69) is 59.6 Å². The Hall–Kier alpha value is -1.51. The van der Waals surface area contributed by atoms with Gasteiger partial charge in [0.05, 0.1) is 30.5 Å². The molecule has 8 heteroatoms. The second-order valence-electron chi connectivity index (χ2n) is 13.9. The Labute approximate surface area is 215 Å². The summed E-state index contributed by atoms with van der Waals surface area (Å²) in [5.74, 6) is 0.778. The maximum atomic E-state index is 13.7. The molecule has 0 radical (unpaired) electrons. The molecule has 1 amide bonds. The van der Waals surface area contributed by atoms with E-state index >= 15 is 0 Å². The van der Waals surface area contributed by atoms with Gasteiger partial charge in [0.25, 0.3) is 5.91 Å². The number of hydrogen-bond donors (Lipinski definition) is 1. The second-order valence-corrected chi connectivity index (χ2v) is 19.5. The summed E-state index contributed by atoms with van der Waals surface area (Å²) in [6.07, 6.45) is 0.825. The van der Waals surface area contributed by atoms with Crippen LogP contribution >= 0.6 is 0 Å². The van der Waals surface area contributed by atoms with Gasteiger partial charge in [-0.25, -0.2) is 0 Å². The first-order valence-electron chi connectivity index (χ1n) is 12.7. The van der Waals surface area contributed by atoms with Crippen molar-refractivity contribution < 1.29 is 23.6 Å². The maximum absolute atomic E-state index is 13.7. The van der Waals surface area contributed by atoms with E-state index in [-0.39, 0.29) is 11.3 Å². The molecule has 1 aromatic rings. The lowest BCUT2D eigenvalue weighted by molar-refractivity contribution is 0.00578. The topological polar surface area (TPSA) is 66.0 Å². The van der Waals surface area contributed by atoms with Crippen LogP contribution in [0.25, 0.3) is 0 Å². The molecular weight excluding hydrogens is 457 g/mol. The molecule has 0 atom stereocenters. The summed E-state index contributed by atoms with van der Waals surface area (Å²) in [6.45, 7) is 26.1. The zero-order valence-electron chi connectivity index (χ0n) is 24.4. The van der Waals surface area contributed by atoms with Gasteiger partial charge in [0.15, 0.2) is 11.5 Å². The minimum Gasteiger partial charge on any atom is -0.493 e. The van der Waals surface area contributed by atoms with E-state index in [1.807, 2.05) is 39.8 Å². The summed E-state index contributed by atoms with van der Waals surface area (Å²) >= 11 is 0. The molecule has 0 bridgehead atoms. The average Bonchev–Trinajstić information content (AvgIpc) is 2.85. The van der Waals surface area contributed by atoms with Crippen LogP contribution in [-0.2, 0) is 9.31 Å². The number of ether oxygens (including phenoxy) is 2. The van der Waals surface area contributed by atoms with E-state index in [1.165, 1.54) is 0 Å². The monoisotopic (exact) mass is 505 g/mol. The van der Waals surface area contributed by atoms with Gasteiger partial charge in [-0.1, -0.05) is 40.4 Å². The van der Waals surface area contributed by atoms with E-state index in [0.29, 0.717) is 23.7 Å². The Kier molecular flexibility index (Phi) is 8.57. The quantitative estimate of drug-likeness (QED) is 0.439. The molecule has 35 heavy (non-hydrogen) atoms. The third kappa shape index (κ3) is 7.99. The van der Waals surface area contributed by atoms with Crippen molar-refractivity contribution in [3.63, 3.8) is 0 Å². The molecule has 2 rings (SSSR count). The van der Waals surface area contributed by atoms with Crippen LogP contribution in [0, 0.1) is 5.41 Å². The van der Waals surface area contributed by atoms with E-state index in [4.69, 9.17) is 18.8 Å². The highest BCUT2D eigenvalue weighted by atomic mass is 28.3. The van der Waals surface area contributed by atoms with Crippen LogP contribution < -0.4 is 20.3 Å². The van der Waals surface area contributed by atoms with Crippen LogP contribution in [-0.4, -0.2) is 51.6 Å². The molecule has 0 aromatic heterocycles. The summed E-state index contributed by atoms with van der Waals surface area (Å²) < 4.78 is 24.5. The fourth-order valence-corrected chi connectivity index (χ4v) is 5.13. The molecule has 1 saturated heterocycles. The zero-order chi connectivity index (χ0) is 27.0. The number of rotatable bonds is 9. The van der Waals surface area contributed by atoms with Gasteiger partial charge in [-0.15, -0.1) is 0 Å². The Balaban J connectivity index is 2.50. The van der Waals surface area contributed by atoms with Gasteiger partial charge in [-0.2, -0.15) is 0 Å². The molecule has 198 valence electrons. The largest absolute Gasteiger partial charge is 0.494 e. The summed E-state index contributed by atoms with van der Waals surface area (Å²) in [4.78, 5) is 13.7. The lowest BCUT2D eigenvalue weighted by Gasteiger charge is -2.33. The van der Waals surface area contributed by atoms with Crippen LogP contribution in [0.4, 0.5) is 0 Å². The minimum atomic E-state index is -1.32. The van der Waals surface area contributed by atoms with Gasteiger partial charge in [-0.05, 0) is 77.0 Å². The predicted molar refractivity (Wildman–Crippen MR) is 148 cm³/mol. The van der Waals surface area contributed by atoms with Crippen LogP contribution in [0.15, 0.2) is 12.1 Å². The number of carbonyl (C=O) groups excluding carboxylic acids is 1. The second kappa shape index (κ2) is 10.1. The van der Waals surface area contributed by atoms with E-state index in [9.17, 15) is 4.79 Å². The third-order valence-electron chi connectivity index (χ3n) is 6.59. The SMILES string of the molecule is COc1cc(B2OC(C)(C)C(C)(C)O2)cc(C(=O)NC(C)(C)CC(C)(C)C)c1OCC[Si](C)(C)C. The first kappa shape index (κ1) is 29.7. The molecule has 0 spiro atoms. The Bertz CT molecular complexity index is 899. The zero-order valence-corrected chi connectivity index (χ0v) is 25.4. The van der Waals surface area contributed by atoms with Gasteiger partial charge in [-0.3, -0.25) is 4.79 Å². The molecule has 1 aliphatic heterocycles. The Morgan fingerprint density at radius 1 is 1.03 bits per heavy atom. The Morgan fingerprint density at radius 3 is 2.03 bits per heavy atom. The van der Waals surface area contributed by atoms with Gasteiger partial charge in [0.1, 0.15) is 0 Å². The van der Waals surface area contributed by atoms with Gasteiger partial charge >= 0.3 is 7.12 Å². The van der Waals surface area contributed by atoms with Crippen molar-refractivity contribution >= 4 is 26.6 Å². The first-order chi connectivity index (χ1) is 15.7. The normalized spacial score (nSPS) is 17.9. The van der Waals surface area contributed by atoms with Crippen molar-refractivity contribution in [2.75, 3.05) is 13.7 Å². The number of hydrogen-bond acceptors (Lipinski definition) is 5. The Morgan fingerprint density at radius 2 is 1.57 bits per heavy atom. The predicted octanol–water partition coefficient (Wildman–Crippen LogP) is 5.66. The van der Waals surface area contributed by atoms with Crippen LogP contribution in [0.5, 0.6) is 11.5 Å². The van der Waals surface area contributed by atoms with Gasteiger partial charge in [0, 0.05) is 13.6 Å². The summed E-state index contributed by atoms with van der Waals surface area (Å²) in [5.41, 5.74) is -0.152. The van der Waals surface area contributed by atoms with Crippen molar-refractivity contribution in [1.29, 1.82) is 0 Å². The van der Waals surface area contributed by atoms with Crippen molar-refractivity contribution in [3.05, 3.63) is 17.7 Å². The first-order valence-corrected chi connectivity index (χ1v) is 16.4. The molecule has 0 saturated carbocycles. The summed E-state index contributed by atoms with van der Waals surface area (Å²) in [6, 6.07) is 4.67. The minimum absolute atomic E-state index is 0.0652. The highest BCUT2D eigenvalue weighted by molar-refractivity contribution is 6.76. The number of benzene rings is 1. The van der Waals surface area contributed by atoms with Crippen LogP contribution in [0.3, 0.4) is 0 Å². The molecule has 0 aliphatic carbocycles. The summed E-state index contributed by atoms with van der Waals surface area (Å²) in [7, 11) is -0.334. The molecule has 1 aromatic carbocycles. The van der Waals surface area contributed by atoms with Crippen molar-refractivity contribution in [1.82, 2.24) is 5.32 Å². The fraction of sp³-hybridized carbons (Fsp3) is 0.741. The van der Waals surface area contributed by atoms with Crippen molar-refractivity contribution in [3.8, 4) is 11.5 Å². The number of carbonyl (C=O) groups is 1. The molecular formula is C27H48BNO5Si.